The molecule has 0 saturated carbocycles. The SMILES string of the molecule is CC(C)CC(Cc1cccc(F)c1Br)NN. The van der Waals surface area contributed by atoms with Crippen molar-refractivity contribution in [2.75, 3.05) is 0 Å². The van der Waals surface area contributed by atoms with Gasteiger partial charge in [-0.15, -0.1) is 0 Å². The average molecular weight is 289 g/mol. The fraction of sp³-hybridized carbons (Fsp3) is 0.500. The van der Waals surface area contributed by atoms with Crippen LogP contribution in [0.2, 0.25) is 0 Å². The summed E-state index contributed by atoms with van der Waals surface area (Å²) in [5.41, 5.74) is 3.73. The van der Waals surface area contributed by atoms with E-state index in [1.807, 2.05) is 6.07 Å². The number of hydrazine groups is 1. The number of hydrogen-bond donors (Lipinski definition) is 2. The molecule has 0 aliphatic carbocycles. The molecule has 0 aliphatic heterocycles. The molecule has 3 N–H and O–H groups in total. The van der Waals surface area contributed by atoms with Crippen molar-refractivity contribution in [3.8, 4) is 0 Å². The van der Waals surface area contributed by atoms with E-state index >= 15 is 0 Å². The topological polar surface area (TPSA) is 38.0 Å². The van der Waals surface area contributed by atoms with Crippen molar-refractivity contribution >= 4 is 15.9 Å². The molecule has 0 aliphatic rings. The van der Waals surface area contributed by atoms with Crippen molar-refractivity contribution in [3.05, 3.63) is 34.1 Å². The Labute approximate surface area is 105 Å². The number of hydrogen-bond acceptors (Lipinski definition) is 2. The standard InChI is InChI=1S/C12H18BrFN2/c1-8(2)6-10(16-15)7-9-4-3-5-11(14)12(9)13/h3-5,8,10,16H,6-7,15H2,1-2H3. The molecule has 90 valence electrons. The summed E-state index contributed by atoms with van der Waals surface area (Å²) in [7, 11) is 0. The van der Waals surface area contributed by atoms with Crippen LogP contribution >= 0.6 is 15.9 Å². The molecule has 0 heterocycles. The number of benzene rings is 1. The first-order chi connectivity index (χ1) is 7.54. The molecule has 2 nitrogen and oxygen atoms in total. The Morgan fingerprint density at radius 2 is 2.12 bits per heavy atom. The zero-order valence-corrected chi connectivity index (χ0v) is 11.2. The fourth-order valence-corrected chi connectivity index (χ4v) is 2.18. The smallest absolute Gasteiger partial charge is 0.137 e. The highest BCUT2D eigenvalue weighted by Crippen LogP contribution is 2.22. The average Bonchev–Trinajstić information content (AvgIpc) is 2.23. The van der Waals surface area contributed by atoms with Gasteiger partial charge < -0.3 is 0 Å². The van der Waals surface area contributed by atoms with Gasteiger partial charge in [-0.1, -0.05) is 26.0 Å². The number of rotatable bonds is 5. The minimum atomic E-state index is -0.224. The van der Waals surface area contributed by atoms with Gasteiger partial charge in [-0.25, -0.2) is 4.39 Å². The Morgan fingerprint density at radius 1 is 1.44 bits per heavy atom. The van der Waals surface area contributed by atoms with Crippen LogP contribution in [0.25, 0.3) is 0 Å². The Kier molecular flexibility index (Phi) is 5.38. The first kappa shape index (κ1) is 13.6. The van der Waals surface area contributed by atoms with Gasteiger partial charge in [-0.05, 0) is 46.3 Å². The third kappa shape index (κ3) is 3.85. The molecule has 1 aromatic rings. The second-order valence-corrected chi connectivity index (χ2v) is 5.20. The van der Waals surface area contributed by atoms with Crippen molar-refractivity contribution in [1.29, 1.82) is 0 Å². The number of halogens is 2. The van der Waals surface area contributed by atoms with Crippen LogP contribution in [0.4, 0.5) is 4.39 Å². The summed E-state index contributed by atoms with van der Waals surface area (Å²) >= 11 is 3.26. The summed E-state index contributed by atoms with van der Waals surface area (Å²) in [6, 6.07) is 5.26. The summed E-state index contributed by atoms with van der Waals surface area (Å²) in [6.07, 6.45) is 1.70. The normalized spacial score (nSPS) is 13.1. The van der Waals surface area contributed by atoms with Gasteiger partial charge in [0.2, 0.25) is 0 Å². The molecule has 16 heavy (non-hydrogen) atoms. The van der Waals surface area contributed by atoms with Crippen molar-refractivity contribution in [2.45, 2.75) is 32.7 Å². The minimum Gasteiger partial charge on any atom is -0.271 e. The lowest BCUT2D eigenvalue weighted by Gasteiger charge is -2.18. The Bertz CT molecular complexity index is 342. The van der Waals surface area contributed by atoms with E-state index in [-0.39, 0.29) is 11.9 Å². The van der Waals surface area contributed by atoms with E-state index in [0.717, 1.165) is 18.4 Å². The molecule has 1 aromatic carbocycles. The summed E-state index contributed by atoms with van der Waals surface area (Å²) in [4.78, 5) is 0. The van der Waals surface area contributed by atoms with Gasteiger partial charge in [-0.2, -0.15) is 0 Å². The zero-order valence-electron chi connectivity index (χ0n) is 9.63. The maximum Gasteiger partial charge on any atom is 0.137 e. The van der Waals surface area contributed by atoms with Gasteiger partial charge in [-0.3, -0.25) is 11.3 Å². The molecule has 4 heteroatoms. The lowest BCUT2D eigenvalue weighted by Crippen LogP contribution is -2.37. The molecule has 0 saturated heterocycles. The number of nitrogens with two attached hydrogens (primary N) is 1. The predicted octanol–water partition coefficient (Wildman–Crippen LogP) is 3.01. The number of nitrogens with one attached hydrogen (secondary N) is 1. The van der Waals surface area contributed by atoms with Crippen LogP contribution in [-0.2, 0) is 6.42 Å². The van der Waals surface area contributed by atoms with E-state index in [1.54, 1.807) is 6.07 Å². The third-order valence-corrected chi connectivity index (χ3v) is 3.38. The van der Waals surface area contributed by atoms with E-state index in [1.165, 1.54) is 6.07 Å². The summed E-state index contributed by atoms with van der Waals surface area (Å²) in [5, 5.41) is 0. The first-order valence-electron chi connectivity index (χ1n) is 5.43. The van der Waals surface area contributed by atoms with E-state index in [0.29, 0.717) is 10.4 Å². The van der Waals surface area contributed by atoms with Crippen molar-refractivity contribution < 1.29 is 4.39 Å². The quantitative estimate of drug-likeness (QED) is 0.646. The highest BCUT2D eigenvalue weighted by atomic mass is 79.9. The van der Waals surface area contributed by atoms with Crippen molar-refractivity contribution in [3.63, 3.8) is 0 Å². The molecule has 1 unspecified atom stereocenters. The van der Waals surface area contributed by atoms with Crippen LogP contribution in [0.1, 0.15) is 25.8 Å². The van der Waals surface area contributed by atoms with Gasteiger partial charge >= 0.3 is 0 Å². The van der Waals surface area contributed by atoms with Crippen LogP contribution in [0, 0.1) is 11.7 Å². The third-order valence-electron chi connectivity index (χ3n) is 2.49. The molecule has 0 bridgehead atoms. The largest absolute Gasteiger partial charge is 0.271 e. The molecule has 1 atom stereocenters. The van der Waals surface area contributed by atoms with Crippen LogP contribution in [0.3, 0.4) is 0 Å². The van der Waals surface area contributed by atoms with E-state index in [2.05, 4.69) is 35.2 Å². The van der Waals surface area contributed by atoms with Crippen LogP contribution in [0.15, 0.2) is 22.7 Å². The van der Waals surface area contributed by atoms with Gasteiger partial charge in [0.25, 0.3) is 0 Å². The van der Waals surface area contributed by atoms with E-state index in [4.69, 9.17) is 5.84 Å². The zero-order chi connectivity index (χ0) is 12.1. The molecule has 0 fully saturated rings. The van der Waals surface area contributed by atoms with E-state index in [9.17, 15) is 4.39 Å². The fourth-order valence-electron chi connectivity index (χ4n) is 1.75. The lowest BCUT2D eigenvalue weighted by atomic mass is 9.98. The minimum absolute atomic E-state index is 0.179. The first-order valence-corrected chi connectivity index (χ1v) is 6.23. The molecular formula is C12H18BrFN2. The van der Waals surface area contributed by atoms with Crippen molar-refractivity contribution in [2.24, 2.45) is 11.8 Å². The lowest BCUT2D eigenvalue weighted by molar-refractivity contribution is 0.422. The van der Waals surface area contributed by atoms with Crippen LogP contribution in [0.5, 0.6) is 0 Å². The Morgan fingerprint density at radius 3 is 2.69 bits per heavy atom. The Balaban J connectivity index is 2.74. The highest BCUT2D eigenvalue weighted by Gasteiger charge is 2.13. The molecular weight excluding hydrogens is 271 g/mol. The molecule has 1 rings (SSSR count). The monoisotopic (exact) mass is 288 g/mol. The van der Waals surface area contributed by atoms with Gasteiger partial charge in [0, 0.05) is 6.04 Å². The maximum absolute atomic E-state index is 13.3. The molecule has 0 aromatic heterocycles. The molecule has 0 spiro atoms. The second kappa shape index (κ2) is 6.33. The van der Waals surface area contributed by atoms with Gasteiger partial charge in [0.15, 0.2) is 0 Å². The Hall–Kier alpha value is -0.450. The summed E-state index contributed by atoms with van der Waals surface area (Å²) in [6.45, 7) is 4.29. The maximum atomic E-state index is 13.3. The summed E-state index contributed by atoms with van der Waals surface area (Å²) in [5.74, 6) is 5.84. The van der Waals surface area contributed by atoms with E-state index < -0.39 is 0 Å². The summed E-state index contributed by atoms with van der Waals surface area (Å²) < 4.78 is 13.8. The van der Waals surface area contributed by atoms with Crippen LogP contribution in [-0.4, -0.2) is 6.04 Å². The van der Waals surface area contributed by atoms with Crippen LogP contribution < -0.4 is 11.3 Å². The molecule has 0 radical (unpaired) electrons. The van der Waals surface area contributed by atoms with Gasteiger partial charge in [0.05, 0.1) is 4.47 Å². The second-order valence-electron chi connectivity index (χ2n) is 4.41. The highest BCUT2D eigenvalue weighted by molar-refractivity contribution is 9.10. The van der Waals surface area contributed by atoms with Crippen molar-refractivity contribution in [1.82, 2.24) is 5.43 Å². The predicted molar refractivity (Wildman–Crippen MR) is 68.4 cm³/mol. The molecule has 0 amide bonds. The van der Waals surface area contributed by atoms with Gasteiger partial charge in [0.1, 0.15) is 5.82 Å².